The number of aromatic nitrogens is 3. The number of benzene rings is 1. The van der Waals surface area contributed by atoms with Gasteiger partial charge in [0.15, 0.2) is 0 Å². The van der Waals surface area contributed by atoms with Gasteiger partial charge in [0.25, 0.3) is 5.91 Å². The minimum Gasteiger partial charge on any atom is -0.366 e. The fourth-order valence-electron chi connectivity index (χ4n) is 3.24. The molecule has 3 heterocycles. The van der Waals surface area contributed by atoms with Gasteiger partial charge in [-0.2, -0.15) is 0 Å². The number of nitrogens with zero attached hydrogens (tertiary/aromatic N) is 2. The summed E-state index contributed by atoms with van der Waals surface area (Å²) in [6, 6.07) is 5.15. The number of amides is 1. The Hall–Kier alpha value is -2.96. The first-order chi connectivity index (χ1) is 12.1. The second kappa shape index (κ2) is 5.02. The molecule has 2 aromatic heterocycles. The molecule has 7 heteroatoms. The zero-order chi connectivity index (χ0) is 17.1. The standard InChI is InChI=1S/C18H16FN5O/c1-8-17(22-9-2-3-9)24-16-12(21-8)5-4-11(19)15(16)13-6-10-14(23-13)7-20-18(10)25/h4-6,9,23H,2-3,7H2,1H3,(H,20,25)(H,22,24). The Morgan fingerprint density at radius 2 is 2.12 bits per heavy atom. The summed E-state index contributed by atoms with van der Waals surface area (Å²) >= 11 is 0. The maximum absolute atomic E-state index is 14.7. The van der Waals surface area contributed by atoms with Gasteiger partial charge in [0.2, 0.25) is 0 Å². The van der Waals surface area contributed by atoms with E-state index in [1.807, 2.05) is 6.92 Å². The zero-order valence-corrected chi connectivity index (χ0v) is 13.6. The van der Waals surface area contributed by atoms with E-state index >= 15 is 0 Å². The SMILES string of the molecule is Cc1nc2ccc(F)c(-c3cc4c([nH]3)CNC4=O)c2nc1NC1CC1. The van der Waals surface area contributed by atoms with Crippen LogP contribution in [0.15, 0.2) is 18.2 Å². The summed E-state index contributed by atoms with van der Waals surface area (Å²) in [6.45, 7) is 2.33. The first kappa shape index (κ1) is 14.4. The molecule has 0 radical (unpaired) electrons. The zero-order valence-electron chi connectivity index (χ0n) is 13.6. The molecule has 0 saturated heterocycles. The van der Waals surface area contributed by atoms with Gasteiger partial charge in [-0.15, -0.1) is 0 Å². The molecule has 126 valence electrons. The molecule has 1 aromatic carbocycles. The van der Waals surface area contributed by atoms with Gasteiger partial charge in [-0.05, 0) is 38.0 Å². The summed E-state index contributed by atoms with van der Waals surface area (Å²) < 4.78 is 14.7. The number of hydrogen-bond donors (Lipinski definition) is 3. The minimum absolute atomic E-state index is 0.142. The highest BCUT2D eigenvalue weighted by Gasteiger charge is 2.26. The molecule has 3 aromatic rings. The Morgan fingerprint density at radius 3 is 2.88 bits per heavy atom. The van der Waals surface area contributed by atoms with E-state index < -0.39 is 0 Å². The van der Waals surface area contributed by atoms with E-state index in [4.69, 9.17) is 0 Å². The van der Waals surface area contributed by atoms with Crippen molar-refractivity contribution in [2.75, 3.05) is 5.32 Å². The molecule has 3 N–H and O–H groups in total. The van der Waals surface area contributed by atoms with Gasteiger partial charge in [0, 0.05) is 11.7 Å². The summed E-state index contributed by atoms with van der Waals surface area (Å²) in [5.41, 5.74) is 4.16. The highest BCUT2D eigenvalue weighted by atomic mass is 19.1. The third kappa shape index (κ3) is 2.26. The number of rotatable bonds is 3. The third-order valence-corrected chi connectivity index (χ3v) is 4.72. The number of halogens is 1. The van der Waals surface area contributed by atoms with Gasteiger partial charge in [0.1, 0.15) is 17.2 Å². The van der Waals surface area contributed by atoms with E-state index in [1.54, 1.807) is 12.1 Å². The van der Waals surface area contributed by atoms with Gasteiger partial charge in [0.05, 0.1) is 34.6 Å². The fourth-order valence-corrected chi connectivity index (χ4v) is 3.24. The lowest BCUT2D eigenvalue weighted by atomic mass is 10.1. The number of anilines is 1. The Bertz CT molecular complexity index is 1040. The first-order valence-corrected chi connectivity index (χ1v) is 8.34. The second-order valence-corrected chi connectivity index (χ2v) is 6.62. The van der Waals surface area contributed by atoms with E-state index in [-0.39, 0.29) is 11.7 Å². The van der Waals surface area contributed by atoms with Crippen molar-refractivity contribution in [3.63, 3.8) is 0 Å². The van der Waals surface area contributed by atoms with Gasteiger partial charge in [-0.3, -0.25) is 4.79 Å². The molecule has 6 nitrogen and oxygen atoms in total. The van der Waals surface area contributed by atoms with Crippen LogP contribution in [0, 0.1) is 12.7 Å². The fraction of sp³-hybridized carbons (Fsp3) is 0.278. The van der Waals surface area contributed by atoms with Crippen molar-refractivity contribution in [2.45, 2.75) is 32.4 Å². The molecule has 0 spiro atoms. The summed E-state index contributed by atoms with van der Waals surface area (Å²) in [5.74, 6) is 0.165. The lowest BCUT2D eigenvalue weighted by Crippen LogP contribution is -2.13. The smallest absolute Gasteiger partial charge is 0.253 e. The Kier molecular flexibility index (Phi) is 2.89. The Morgan fingerprint density at radius 1 is 1.28 bits per heavy atom. The second-order valence-electron chi connectivity index (χ2n) is 6.62. The van der Waals surface area contributed by atoms with Crippen LogP contribution in [0.25, 0.3) is 22.3 Å². The highest BCUT2D eigenvalue weighted by Crippen LogP contribution is 2.33. The maximum atomic E-state index is 14.7. The van der Waals surface area contributed by atoms with E-state index in [0.29, 0.717) is 46.3 Å². The predicted octanol–water partition coefficient (Wildman–Crippen LogP) is 2.89. The third-order valence-electron chi connectivity index (χ3n) is 4.72. The summed E-state index contributed by atoms with van der Waals surface area (Å²) in [5, 5.41) is 6.09. The number of aryl methyl sites for hydroxylation is 1. The molecule has 0 atom stereocenters. The summed E-state index contributed by atoms with van der Waals surface area (Å²) in [4.78, 5) is 24.2. The quantitative estimate of drug-likeness (QED) is 0.686. The van der Waals surface area contributed by atoms with Crippen LogP contribution in [0.3, 0.4) is 0 Å². The minimum atomic E-state index is -0.386. The number of carbonyl (C=O) groups excluding carboxylic acids is 1. The number of hydrogen-bond acceptors (Lipinski definition) is 4. The number of nitrogens with one attached hydrogen (secondary N) is 3. The lowest BCUT2D eigenvalue weighted by Gasteiger charge is -2.11. The molecule has 5 rings (SSSR count). The van der Waals surface area contributed by atoms with Crippen LogP contribution >= 0.6 is 0 Å². The monoisotopic (exact) mass is 337 g/mol. The van der Waals surface area contributed by atoms with Crippen LogP contribution in [0.1, 0.15) is 34.6 Å². The first-order valence-electron chi connectivity index (χ1n) is 8.34. The summed E-state index contributed by atoms with van der Waals surface area (Å²) in [6.07, 6.45) is 2.24. The molecule has 1 fully saturated rings. The van der Waals surface area contributed by atoms with E-state index in [9.17, 15) is 9.18 Å². The molecule has 2 aliphatic rings. The predicted molar refractivity (Wildman–Crippen MR) is 91.8 cm³/mol. The van der Waals surface area contributed by atoms with Crippen LogP contribution in [0.4, 0.5) is 10.2 Å². The van der Waals surface area contributed by atoms with E-state index in [1.165, 1.54) is 6.07 Å². The Balaban J connectivity index is 1.71. The number of fused-ring (bicyclic) bond motifs is 2. The molecular weight excluding hydrogens is 321 g/mol. The van der Waals surface area contributed by atoms with Crippen molar-refractivity contribution in [1.82, 2.24) is 20.3 Å². The average molecular weight is 337 g/mol. The van der Waals surface area contributed by atoms with E-state index in [2.05, 4.69) is 25.6 Å². The molecular formula is C18H16FN5O. The van der Waals surface area contributed by atoms with Crippen LogP contribution < -0.4 is 10.6 Å². The van der Waals surface area contributed by atoms with Crippen LogP contribution in [0.2, 0.25) is 0 Å². The molecule has 1 amide bonds. The topological polar surface area (TPSA) is 82.7 Å². The number of H-pyrrole nitrogens is 1. The highest BCUT2D eigenvalue weighted by molar-refractivity contribution is 6.01. The molecule has 0 unspecified atom stereocenters. The average Bonchev–Trinajstić information content (AvgIpc) is 3.20. The molecule has 1 aliphatic heterocycles. The van der Waals surface area contributed by atoms with Gasteiger partial charge in [-0.25, -0.2) is 14.4 Å². The van der Waals surface area contributed by atoms with Gasteiger partial charge < -0.3 is 15.6 Å². The Labute approximate surface area is 142 Å². The normalized spacial score (nSPS) is 16.2. The summed E-state index contributed by atoms with van der Waals surface area (Å²) in [7, 11) is 0. The van der Waals surface area contributed by atoms with Crippen molar-refractivity contribution in [3.05, 3.63) is 41.0 Å². The van der Waals surface area contributed by atoms with Crippen molar-refractivity contribution in [1.29, 1.82) is 0 Å². The molecule has 1 aliphatic carbocycles. The van der Waals surface area contributed by atoms with Gasteiger partial charge in [-0.1, -0.05) is 0 Å². The van der Waals surface area contributed by atoms with Crippen LogP contribution in [-0.4, -0.2) is 26.9 Å². The maximum Gasteiger partial charge on any atom is 0.253 e. The molecule has 1 saturated carbocycles. The van der Waals surface area contributed by atoms with Crippen molar-refractivity contribution < 1.29 is 9.18 Å². The van der Waals surface area contributed by atoms with Crippen molar-refractivity contribution >= 4 is 22.8 Å². The van der Waals surface area contributed by atoms with Crippen LogP contribution in [-0.2, 0) is 6.54 Å². The van der Waals surface area contributed by atoms with Gasteiger partial charge >= 0.3 is 0 Å². The van der Waals surface area contributed by atoms with E-state index in [0.717, 1.165) is 24.2 Å². The number of carbonyl (C=O) groups is 1. The van der Waals surface area contributed by atoms with Crippen LogP contribution in [0.5, 0.6) is 0 Å². The largest absolute Gasteiger partial charge is 0.366 e. The molecule has 0 bridgehead atoms. The lowest BCUT2D eigenvalue weighted by molar-refractivity contribution is 0.0965. The van der Waals surface area contributed by atoms with Crippen molar-refractivity contribution in [2.24, 2.45) is 0 Å². The molecule has 25 heavy (non-hydrogen) atoms. The number of aromatic amines is 1. The van der Waals surface area contributed by atoms with Crippen molar-refractivity contribution in [3.8, 4) is 11.3 Å².